The number of carbonyl (C=O) groups is 2. The molecule has 0 radical (unpaired) electrons. The maximum Gasteiger partial charge on any atom is 0.407 e. The number of aromatic nitrogens is 4. The molecule has 0 saturated carbocycles. The monoisotopic (exact) mass is 652 g/mol. The van der Waals surface area contributed by atoms with Crippen molar-refractivity contribution < 1.29 is 14.3 Å². The number of imidazole rings is 2. The standard InChI is InChI=1S/C40H40N6O3/c1-3-24-46(39(47)38(45-40(48)49-2)33-12-8-5-9-13-33)27-37-42-26-35(44-37)32-21-17-30(18-22-32)29-15-19-31(20-16-29)34-25-41-36(43-34)23-14-28-10-6-4-7-11-28/h4-13,15-22,25-26,38H,3,14,23-24,27H2,1-2H3,(H,41,43)(H,42,44)(H,45,48)/t38-/m1/s1. The molecule has 0 saturated heterocycles. The summed E-state index contributed by atoms with van der Waals surface area (Å²) in [6.07, 6.45) is 5.59. The van der Waals surface area contributed by atoms with Crippen molar-refractivity contribution in [2.75, 3.05) is 13.7 Å². The number of alkyl carbamates (subject to hydrolysis) is 1. The Balaban J connectivity index is 1.10. The van der Waals surface area contributed by atoms with E-state index in [4.69, 9.17) is 4.74 Å². The van der Waals surface area contributed by atoms with Crippen molar-refractivity contribution >= 4 is 12.0 Å². The number of carbonyl (C=O) groups excluding carboxylic acids is 2. The smallest absolute Gasteiger partial charge is 0.407 e. The van der Waals surface area contributed by atoms with E-state index in [2.05, 4.69) is 98.0 Å². The highest BCUT2D eigenvalue weighted by Crippen LogP contribution is 2.27. The molecule has 2 aromatic heterocycles. The Morgan fingerprint density at radius 3 is 1.82 bits per heavy atom. The van der Waals surface area contributed by atoms with E-state index in [1.165, 1.54) is 12.7 Å². The maximum absolute atomic E-state index is 13.7. The van der Waals surface area contributed by atoms with Gasteiger partial charge in [-0.05, 0) is 46.2 Å². The first-order chi connectivity index (χ1) is 24.0. The molecule has 0 aliphatic carbocycles. The molecule has 0 fully saturated rings. The van der Waals surface area contributed by atoms with E-state index in [0.717, 1.165) is 58.7 Å². The van der Waals surface area contributed by atoms with Crippen molar-refractivity contribution in [1.82, 2.24) is 30.2 Å². The van der Waals surface area contributed by atoms with Gasteiger partial charge in [-0.3, -0.25) is 4.79 Å². The van der Waals surface area contributed by atoms with Gasteiger partial charge in [0.15, 0.2) is 0 Å². The minimum Gasteiger partial charge on any atom is -0.453 e. The summed E-state index contributed by atoms with van der Waals surface area (Å²) < 4.78 is 4.80. The normalized spacial score (nSPS) is 11.6. The van der Waals surface area contributed by atoms with E-state index in [-0.39, 0.29) is 12.5 Å². The number of nitrogens with one attached hydrogen (secondary N) is 3. The minimum absolute atomic E-state index is 0.234. The molecule has 49 heavy (non-hydrogen) atoms. The van der Waals surface area contributed by atoms with E-state index in [0.29, 0.717) is 17.9 Å². The number of hydrogen-bond acceptors (Lipinski definition) is 5. The molecular formula is C40H40N6O3. The van der Waals surface area contributed by atoms with Crippen LogP contribution in [0.3, 0.4) is 0 Å². The van der Waals surface area contributed by atoms with Crippen LogP contribution in [0, 0.1) is 0 Å². The van der Waals surface area contributed by atoms with Gasteiger partial charge in [-0.15, -0.1) is 0 Å². The van der Waals surface area contributed by atoms with Gasteiger partial charge in [0.25, 0.3) is 0 Å². The number of benzene rings is 4. The third-order valence-corrected chi connectivity index (χ3v) is 8.45. The van der Waals surface area contributed by atoms with Gasteiger partial charge in [-0.25, -0.2) is 14.8 Å². The van der Waals surface area contributed by atoms with Crippen molar-refractivity contribution in [2.24, 2.45) is 0 Å². The highest BCUT2D eigenvalue weighted by atomic mass is 16.5. The number of H-pyrrole nitrogens is 2. The van der Waals surface area contributed by atoms with Crippen LogP contribution in [0.25, 0.3) is 33.6 Å². The molecule has 2 heterocycles. The number of aromatic amines is 2. The first kappa shape index (κ1) is 33.0. The topological polar surface area (TPSA) is 116 Å². The number of hydrogen-bond donors (Lipinski definition) is 3. The lowest BCUT2D eigenvalue weighted by atomic mass is 10.0. The second-order valence-corrected chi connectivity index (χ2v) is 11.9. The fourth-order valence-electron chi connectivity index (χ4n) is 5.83. The zero-order valence-electron chi connectivity index (χ0n) is 27.7. The lowest BCUT2D eigenvalue weighted by molar-refractivity contribution is -0.134. The predicted molar refractivity (Wildman–Crippen MR) is 191 cm³/mol. The van der Waals surface area contributed by atoms with E-state index < -0.39 is 12.1 Å². The van der Waals surface area contributed by atoms with Crippen LogP contribution in [0.1, 0.15) is 42.2 Å². The first-order valence-corrected chi connectivity index (χ1v) is 16.5. The summed E-state index contributed by atoms with van der Waals surface area (Å²) in [6, 6.07) is 35.5. The van der Waals surface area contributed by atoms with Crippen molar-refractivity contribution in [3.8, 4) is 33.6 Å². The number of methoxy groups -OCH3 is 1. The van der Waals surface area contributed by atoms with E-state index >= 15 is 0 Å². The summed E-state index contributed by atoms with van der Waals surface area (Å²) in [4.78, 5) is 43.6. The first-order valence-electron chi connectivity index (χ1n) is 16.5. The summed E-state index contributed by atoms with van der Waals surface area (Å²) in [5.41, 5.74) is 8.15. The zero-order chi connectivity index (χ0) is 34.0. The molecule has 1 atom stereocenters. The number of ether oxygens (including phenoxy) is 1. The molecule has 9 nitrogen and oxygen atoms in total. The Labute approximate surface area is 286 Å². The minimum atomic E-state index is -0.877. The fourth-order valence-corrected chi connectivity index (χ4v) is 5.83. The van der Waals surface area contributed by atoms with E-state index in [1.807, 2.05) is 49.5 Å². The molecule has 9 heteroatoms. The van der Waals surface area contributed by atoms with E-state index in [9.17, 15) is 9.59 Å². The van der Waals surface area contributed by atoms with Gasteiger partial charge in [-0.1, -0.05) is 116 Å². The number of nitrogens with zero attached hydrogens (tertiary/aromatic N) is 3. The summed E-state index contributed by atoms with van der Waals surface area (Å²) in [5.74, 6) is 1.41. The van der Waals surface area contributed by atoms with Gasteiger partial charge in [-0.2, -0.15) is 0 Å². The average Bonchev–Trinajstić information content (AvgIpc) is 3.84. The Morgan fingerprint density at radius 2 is 1.24 bits per heavy atom. The van der Waals surface area contributed by atoms with Crippen LogP contribution in [0.2, 0.25) is 0 Å². The van der Waals surface area contributed by atoms with Crippen LogP contribution in [-0.4, -0.2) is 50.5 Å². The van der Waals surface area contributed by atoms with Crippen molar-refractivity contribution in [2.45, 2.75) is 38.8 Å². The molecule has 0 spiro atoms. The van der Waals surface area contributed by atoms with Crippen molar-refractivity contribution in [3.05, 3.63) is 144 Å². The predicted octanol–water partition coefficient (Wildman–Crippen LogP) is 7.75. The second kappa shape index (κ2) is 15.8. The summed E-state index contributed by atoms with van der Waals surface area (Å²) in [6.45, 7) is 2.79. The van der Waals surface area contributed by atoms with Crippen LogP contribution >= 0.6 is 0 Å². The lowest BCUT2D eigenvalue weighted by Crippen LogP contribution is -2.43. The van der Waals surface area contributed by atoms with Crippen LogP contribution < -0.4 is 5.32 Å². The van der Waals surface area contributed by atoms with Gasteiger partial charge < -0.3 is 24.9 Å². The average molecular weight is 653 g/mol. The molecule has 3 N–H and O–H groups in total. The molecular weight excluding hydrogens is 612 g/mol. The number of rotatable bonds is 13. The Hall–Kier alpha value is -5.96. The highest BCUT2D eigenvalue weighted by molar-refractivity contribution is 5.87. The quantitative estimate of drug-likeness (QED) is 0.118. The highest BCUT2D eigenvalue weighted by Gasteiger charge is 2.28. The Morgan fingerprint density at radius 1 is 0.714 bits per heavy atom. The second-order valence-electron chi connectivity index (χ2n) is 11.9. The zero-order valence-corrected chi connectivity index (χ0v) is 27.7. The van der Waals surface area contributed by atoms with Crippen LogP contribution in [0.4, 0.5) is 4.79 Å². The Bertz CT molecular complexity index is 1950. The van der Waals surface area contributed by atoms with Gasteiger partial charge >= 0.3 is 6.09 Å². The maximum atomic E-state index is 13.7. The third kappa shape index (κ3) is 8.31. The molecule has 6 aromatic rings. The van der Waals surface area contributed by atoms with Crippen molar-refractivity contribution in [1.29, 1.82) is 0 Å². The van der Waals surface area contributed by atoms with Crippen LogP contribution in [0.5, 0.6) is 0 Å². The number of amides is 2. The molecule has 6 rings (SSSR count). The largest absolute Gasteiger partial charge is 0.453 e. The van der Waals surface area contributed by atoms with Crippen LogP contribution in [0.15, 0.2) is 122 Å². The Kier molecular flexibility index (Phi) is 10.6. The molecule has 248 valence electrons. The van der Waals surface area contributed by atoms with Gasteiger partial charge in [0.05, 0.1) is 37.4 Å². The van der Waals surface area contributed by atoms with Crippen LogP contribution in [-0.2, 0) is 28.9 Å². The van der Waals surface area contributed by atoms with Gasteiger partial charge in [0, 0.05) is 13.0 Å². The lowest BCUT2D eigenvalue weighted by Gasteiger charge is -2.27. The van der Waals surface area contributed by atoms with Gasteiger partial charge in [0.1, 0.15) is 17.7 Å². The fraction of sp³-hybridized carbons (Fsp3) is 0.200. The van der Waals surface area contributed by atoms with E-state index in [1.54, 1.807) is 11.1 Å². The molecule has 4 aromatic carbocycles. The third-order valence-electron chi connectivity index (χ3n) is 8.45. The SMILES string of the molecule is CCCN(Cc1ncc(-c2ccc(-c3ccc(-c4cnc(CCc5ccccc5)[nH]4)cc3)cc2)[nH]1)C(=O)[C@H](NC(=O)OC)c1ccccc1. The molecule has 0 bridgehead atoms. The number of aryl methyl sites for hydroxylation is 2. The van der Waals surface area contributed by atoms with Gasteiger partial charge in [0.2, 0.25) is 5.91 Å². The molecule has 2 amide bonds. The summed E-state index contributed by atoms with van der Waals surface area (Å²) >= 11 is 0. The molecule has 0 aliphatic rings. The molecule has 0 aliphatic heterocycles. The summed E-state index contributed by atoms with van der Waals surface area (Å²) in [7, 11) is 1.28. The van der Waals surface area contributed by atoms with Crippen molar-refractivity contribution in [3.63, 3.8) is 0 Å². The molecule has 0 unspecified atom stereocenters. The summed E-state index contributed by atoms with van der Waals surface area (Å²) in [5, 5.41) is 2.69.